The zero-order valence-electron chi connectivity index (χ0n) is 14.7. The van der Waals surface area contributed by atoms with Crippen molar-refractivity contribution >= 4 is 33.2 Å². The van der Waals surface area contributed by atoms with Crippen molar-refractivity contribution in [3.8, 4) is 11.1 Å². The number of anilines is 1. The zero-order chi connectivity index (χ0) is 19.7. The topological polar surface area (TPSA) is 79.4 Å². The monoisotopic (exact) mass is 413 g/mol. The highest BCUT2D eigenvalue weighted by Gasteiger charge is 2.35. The third-order valence-electron chi connectivity index (χ3n) is 4.45. The Morgan fingerprint density at radius 3 is 2.61 bits per heavy atom. The molecule has 0 atom stereocenters. The van der Waals surface area contributed by atoms with Gasteiger partial charge >= 0.3 is 0 Å². The SMILES string of the molecule is O=C(CN1c2ccc(Cl)cc2-c2ccccc2S1(=O)=O)NCc1ccccn1. The molecule has 4 rings (SSSR count). The molecule has 0 radical (unpaired) electrons. The first kappa shape index (κ1) is 18.5. The Morgan fingerprint density at radius 2 is 1.82 bits per heavy atom. The Labute approximate surface area is 167 Å². The van der Waals surface area contributed by atoms with Crippen LogP contribution in [0.3, 0.4) is 0 Å². The van der Waals surface area contributed by atoms with E-state index in [0.29, 0.717) is 27.5 Å². The molecule has 1 N–H and O–H groups in total. The van der Waals surface area contributed by atoms with E-state index in [1.165, 1.54) is 6.07 Å². The lowest BCUT2D eigenvalue weighted by Crippen LogP contribution is -2.42. The maximum absolute atomic E-state index is 13.2. The predicted molar refractivity (Wildman–Crippen MR) is 108 cm³/mol. The number of pyridine rings is 1. The summed E-state index contributed by atoms with van der Waals surface area (Å²) < 4.78 is 27.4. The quantitative estimate of drug-likeness (QED) is 0.712. The van der Waals surface area contributed by atoms with Gasteiger partial charge in [0.15, 0.2) is 0 Å². The Kier molecular flexibility index (Phi) is 4.78. The highest BCUT2D eigenvalue weighted by molar-refractivity contribution is 7.93. The summed E-state index contributed by atoms with van der Waals surface area (Å²) in [5, 5.41) is 3.21. The molecular formula is C20H16ClN3O3S. The molecule has 0 bridgehead atoms. The van der Waals surface area contributed by atoms with E-state index in [1.807, 2.05) is 6.07 Å². The minimum absolute atomic E-state index is 0.155. The van der Waals surface area contributed by atoms with E-state index in [1.54, 1.807) is 54.7 Å². The average molecular weight is 414 g/mol. The molecule has 6 nitrogen and oxygen atoms in total. The number of carbonyl (C=O) groups excluding carboxylic acids is 1. The fourth-order valence-corrected chi connectivity index (χ4v) is 4.97. The largest absolute Gasteiger partial charge is 0.349 e. The number of nitrogens with zero attached hydrogens (tertiary/aromatic N) is 2. The van der Waals surface area contributed by atoms with E-state index in [2.05, 4.69) is 10.3 Å². The maximum Gasteiger partial charge on any atom is 0.265 e. The zero-order valence-corrected chi connectivity index (χ0v) is 16.2. The number of hydrogen-bond donors (Lipinski definition) is 1. The van der Waals surface area contributed by atoms with Crippen molar-refractivity contribution in [3.05, 3.63) is 77.6 Å². The van der Waals surface area contributed by atoms with E-state index < -0.39 is 15.9 Å². The van der Waals surface area contributed by atoms with Crippen LogP contribution in [0.2, 0.25) is 5.02 Å². The first-order valence-electron chi connectivity index (χ1n) is 8.55. The van der Waals surface area contributed by atoms with Gasteiger partial charge in [0.25, 0.3) is 10.0 Å². The van der Waals surface area contributed by atoms with Gasteiger partial charge in [0.05, 0.1) is 22.8 Å². The molecule has 1 aromatic heterocycles. The Bertz CT molecular complexity index is 1150. The van der Waals surface area contributed by atoms with Gasteiger partial charge in [-0.05, 0) is 36.4 Å². The van der Waals surface area contributed by atoms with Gasteiger partial charge < -0.3 is 5.32 Å². The average Bonchev–Trinajstić information content (AvgIpc) is 2.71. The minimum Gasteiger partial charge on any atom is -0.349 e. The fraction of sp³-hybridized carbons (Fsp3) is 0.100. The van der Waals surface area contributed by atoms with Crippen molar-refractivity contribution < 1.29 is 13.2 Å². The van der Waals surface area contributed by atoms with Crippen LogP contribution in [-0.2, 0) is 21.4 Å². The number of carbonyl (C=O) groups is 1. The number of nitrogens with one attached hydrogen (secondary N) is 1. The van der Waals surface area contributed by atoms with Crippen LogP contribution in [0.5, 0.6) is 0 Å². The molecule has 2 heterocycles. The van der Waals surface area contributed by atoms with Crippen LogP contribution in [0.4, 0.5) is 5.69 Å². The summed E-state index contributed by atoms with van der Waals surface area (Å²) in [5.74, 6) is -0.422. The van der Waals surface area contributed by atoms with Crippen molar-refractivity contribution in [3.63, 3.8) is 0 Å². The second-order valence-corrected chi connectivity index (χ2v) is 8.53. The second-order valence-electron chi connectivity index (χ2n) is 6.27. The number of amides is 1. The minimum atomic E-state index is -3.87. The first-order valence-corrected chi connectivity index (χ1v) is 10.4. The smallest absolute Gasteiger partial charge is 0.265 e. The van der Waals surface area contributed by atoms with Gasteiger partial charge in [-0.1, -0.05) is 35.9 Å². The lowest BCUT2D eigenvalue weighted by molar-refractivity contribution is -0.119. The Balaban J connectivity index is 1.66. The standard InChI is InChI=1S/C20H16ClN3O3S/c21-14-8-9-18-17(11-14)16-6-1-2-7-19(16)28(26,27)24(18)13-20(25)23-12-15-5-3-4-10-22-15/h1-11H,12-13H2,(H,23,25). The van der Waals surface area contributed by atoms with Crippen molar-refractivity contribution in [2.24, 2.45) is 0 Å². The molecular weight excluding hydrogens is 398 g/mol. The molecule has 0 saturated heterocycles. The number of sulfonamides is 1. The molecule has 2 aromatic carbocycles. The number of fused-ring (bicyclic) bond motifs is 3. The molecule has 0 unspecified atom stereocenters. The molecule has 8 heteroatoms. The van der Waals surface area contributed by atoms with Crippen LogP contribution in [0.25, 0.3) is 11.1 Å². The highest BCUT2D eigenvalue weighted by atomic mass is 35.5. The third-order valence-corrected chi connectivity index (χ3v) is 6.51. The second kappa shape index (κ2) is 7.26. The van der Waals surface area contributed by atoms with Crippen molar-refractivity contribution in [1.29, 1.82) is 0 Å². The molecule has 142 valence electrons. The van der Waals surface area contributed by atoms with Crippen molar-refractivity contribution in [2.75, 3.05) is 10.8 Å². The molecule has 1 aliphatic rings. The molecule has 0 spiro atoms. The van der Waals surface area contributed by atoms with Gasteiger partial charge in [0.2, 0.25) is 5.91 Å². The van der Waals surface area contributed by atoms with E-state index in [-0.39, 0.29) is 18.0 Å². The normalized spacial score (nSPS) is 14.1. The molecule has 1 aliphatic heterocycles. The Hall–Kier alpha value is -2.90. The van der Waals surface area contributed by atoms with E-state index >= 15 is 0 Å². The maximum atomic E-state index is 13.2. The van der Waals surface area contributed by atoms with E-state index in [9.17, 15) is 13.2 Å². The first-order chi connectivity index (χ1) is 13.5. The number of rotatable bonds is 4. The van der Waals surface area contributed by atoms with Crippen LogP contribution in [-0.4, -0.2) is 25.9 Å². The van der Waals surface area contributed by atoms with Gasteiger partial charge in [-0.15, -0.1) is 0 Å². The number of halogens is 1. The molecule has 28 heavy (non-hydrogen) atoms. The molecule has 1 amide bonds. The summed E-state index contributed by atoms with van der Waals surface area (Å²) in [4.78, 5) is 16.8. The third kappa shape index (κ3) is 3.34. The van der Waals surface area contributed by atoms with Gasteiger partial charge in [-0.2, -0.15) is 0 Å². The summed E-state index contributed by atoms with van der Waals surface area (Å²) in [6, 6.07) is 17.0. The van der Waals surface area contributed by atoms with Crippen molar-refractivity contribution in [1.82, 2.24) is 10.3 Å². The van der Waals surface area contributed by atoms with E-state index in [4.69, 9.17) is 11.6 Å². The van der Waals surface area contributed by atoms with Gasteiger partial charge in [-0.3, -0.25) is 14.1 Å². The van der Waals surface area contributed by atoms with Gasteiger partial charge in [-0.25, -0.2) is 8.42 Å². The summed E-state index contributed by atoms with van der Waals surface area (Å²) in [7, 11) is -3.87. The van der Waals surface area contributed by atoms with Crippen LogP contribution in [0.15, 0.2) is 71.8 Å². The lowest BCUT2D eigenvalue weighted by Gasteiger charge is -2.31. The van der Waals surface area contributed by atoms with Gasteiger partial charge in [0, 0.05) is 22.3 Å². The molecule has 0 fully saturated rings. The molecule has 0 aliphatic carbocycles. The number of benzene rings is 2. The fourth-order valence-electron chi connectivity index (χ4n) is 3.15. The summed E-state index contributed by atoms with van der Waals surface area (Å²) in [6.07, 6.45) is 1.63. The Morgan fingerprint density at radius 1 is 1.04 bits per heavy atom. The van der Waals surface area contributed by atoms with E-state index in [0.717, 1.165) is 4.31 Å². The summed E-state index contributed by atoms with van der Waals surface area (Å²) in [5.41, 5.74) is 2.37. The van der Waals surface area contributed by atoms with Crippen LogP contribution >= 0.6 is 11.6 Å². The van der Waals surface area contributed by atoms with Crippen LogP contribution in [0.1, 0.15) is 5.69 Å². The molecule has 3 aromatic rings. The van der Waals surface area contributed by atoms with Crippen LogP contribution in [0, 0.1) is 0 Å². The predicted octanol–water partition coefficient (Wildman–Crippen LogP) is 3.23. The van der Waals surface area contributed by atoms with Crippen LogP contribution < -0.4 is 9.62 Å². The lowest BCUT2D eigenvalue weighted by atomic mass is 10.0. The van der Waals surface area contributed by atoms with Crippen molar-refractivity contribution in [2.45, 2.75) is 11.4 Å². The number of hydrogen-bond acceptors (Lipinski definition) is 4. The highest BCUT2D eigenvalue weighted by Crippen LogP contribution is 2.43. The van der Waals surface area contributed by atoms with Gasteiger partial charge in [0.1, 0.15) is 6.54 Å². The number of aromatic nitrogens is 1. The molecule has 0 saturated carbocycles. The summed E-state index contributed by atoms with van der Waals surface area (Å²) >= 11 is 6.13. The summed E-state index contributed by atoms with van der Waals surface area (Å²) in [6.45, 7) is -0.115.